The fourth-order valence-electron chi connectivity index (χ4n) is 3.19. The average Bonchev–Trinajstić information content (AvgIpc) is 2.64. The number of benzene rings is 1. The van der Waals surface area contributed by atoms with Gasteiger partial charge >= 0.3 is 0 Å². The number of alkyl halides is 1. The summed E-state index contributed by atoms with van der Waals surface area (Å²) in [5, 5.41) is 0.119. The summed E-state index contributed by atoms with van der Waals surface area (Å²) in [7, 11) is -3.38. The van der Waals surface area contributed by atoms with E-state index in [4.69, 9.17) is 11.6 Å². The number of nitrogens with zero attached hydrogens (tertiary/aromatic N) is 1. The van der Waals surface area contributed by atoms with Crippen LogP contribution < -0.4 is 0 Å². The first kappa shape index (κ1) is 13.9. The maximum absolute atomic E-state index is 12.7. The highest BCUT2D eigenvalue weighted by Crippen LogP contribution is 2.41. The maximum Gasteiger partial charge on any atom is 0.243 e. The Kier molecular flexibility index (Phi) is 3.67. The van der Waals surface area contributed by atoms with Gasteiger partial charge in [-0.1, -0.05) is 15.9 Å². The van der Waals surface area contributed by atoms with Crippen LogP contribution in [0.15, 0.2) is 33.6 Å². The zero-order chi connectivity index (χ0) is 13.6. The molecule has 0 N–H and O–H groups in total. The van der Waals surface area contributed by atoms with E-state index < -0.39 is 10.0 Å². The highest BCUT2D eigenvalue weighted by atomic mass is 79.9. The lowest BCUT2D eigenvalue weighted by Gasteiger charge is -2.35. The number of rotatable bonds is 2. The van der Waals surface area contributed by atoms with Crippen LogP contribution in [0.25, 0.3) is 0 Å². The van der Waals surface area contributed by atoms with Gasteiger partial charge in [-0.05, 0) is 49.9 Å². The SMILES string of the molecule is O=S(=O)(c1ccc(Br)cc1)N1C2CCC1CC(Cl)C2. The highest BCUT2D eigenvalue weighted by molar-refractivity contribution is 9.10. The number of sulfonamides is 1. The summed E-state index contributed by atoms with van der Waals surface area (Å²) in [4.78, 5) is 0.376. The molecule has 2 saturated heterocycles. The molecule has 2 bridgehead atoms. The molecular formula is C13H15BrClNO2S. The number of hydrogen-bond donors (Lipinski definition) is 0. The number of fused-ring (bicyclic) bond motifs is 2. The summed E-state index contributed by atoms with van der Waals surface area (Å²) in [5.74, 6) is 0. The van der Waals surface area contributed by atoms with Gasteiger partial charge in [-0.15, -0.1) is 11.6 Å². The van der Waals surface area contributed by atoms with Crippen molar-refractivity contribution in [1.82, 2.24) is 4.31 Å². The highest BCUT2D eigenvalue weighted by Gasteiger charge is 2.46. The summed E-state index contributed by atoms with van der Waals surface area (Å²) < 4.78 is 28.1. The first-order valence-corrected chi connectivity index (χ1v) is 9.08. The summed E-state index contributed by atoms with van der Waals surface area (Å²) in [6, 6.07) is 7.01. The Morgan fingerprint density at radius 2 is 1.63 bits per heavy atom. The number of halogens is 2. The lowest BCUT2D eigenvalue weighted by Crippen LogP contribution is -2.46. The van der Waals surface area contributed by atoms with Gasteiger partial charge in [-0.2, -0.15) is 4.31 Å². The third kappa shape index (κ3) is 2.46. The first-order valence-electron chi connectivity index (χ1n) is 6.41. The third-order valence-electron chi connectivity index (χ3n) is 4.00. The van der Waals surface area contributed by atoms with Crippen LogP contribution in [0.1, 0.15) is 25.7 Å². The third-order valence-corrected chi connectivity index (χ3v) is 6.90. The van der Waals surface area contributed by atoms with Crippen LogP contribution in [0.3, 0.4) is 0 Å². The van der Waals surface area contributed by atoms with Crippen molar-refractivity contribution in [2.45, 2.75) is 48.0 Å². The van der Waals surface area contributed by atoms with Crippen LogP contribution in [-0.4, -0.2) is 30.2 Å². The molecule has 0 radical (unpaired) electrons. The van der Waals surface area contributed by atoms with Gasteiger partial charge in [0, 0.05) is 21.9 Å². The van der Waals surface area contributed by atoms with Crippen molar-refractivity contribution in [1.29, 1.82) is 0 Å². The molecule has 0 aliphatic carbocycles. The molecule has 2 atom stereocenters. The minimum absolute atomic E-state index is 0.0786. The molecule has 2 aliphatic rings. The molecule has 1 aromatic carbocycles. The molecule has 0 spiro atoms. The van der Waals surface area contributed by atoms with Gasteiger partial charge in [-0.25, -0.2) is 8.42 Å². The molecule has 3 rings (SSSR count). The van der Waals surface area contributed by atoms with Crippen molar-refractivity contribution in [3.05, 3.63) is 28.7 Å². The van der Waals surface area contributed by atoms with Crippen LogP contribution in [0.2, 0.25) is 0 Å². The van der Waals surface area contributed by atoms with Crippen molar-refractivity contribution in [3.8, 4) is 0 Å². The molecule has 3 nitrogen and oxygen atoms in total. The molecule has 2 aliphatic heterocycles. The fourth-order valence-corrected chi connectivity index (χ4v) is 5.76. The maximum atomic E-state index is 12.7. The van der Waals surface area contributed by atoms with Gasteiger partial charge in [-0.3, -0.25) is 0 Å². The van der Waals surface area contributed by atoms with Gasteiger partial charge < -0.3 is 0 Å². The Balaban J connectivity index is 1.95. The average molecular weight is 365 g/mol. The number of piperidine rings is 1. The summed E-state index contributed by atoms with van der Waals surface area (Å²) in [6.07, 6.45) is 3.41. The van der Waals surface area contributed by atoms with E-state index in [9.17, 15) is 8.42 Å². The van der Waals surface area contributed by atoms with Gasteiger partial charge in [0.2, 0.25) is 10.0 Å². The van der Waals surface area contributed by atoms with Gasteiger partial charge in [0.1, 0.15) is 0 Å². The van der Waals surface area contributed by atoms with Crippen LogP contribution in [-0.2, 0) is 10.0 Å². The Hall–Kier alpha value is -0.100. The molecule has 2 unspecified atom stereocenters. The predicted molar refractivity (Wildman–Crippen MR) is 78.9 cm³/mol. The Morgan fingerprint density at radius 3 is 2.16 bits per heavy atom. The molecule has 0 saturated carbocycles. The Labute approximate surface area is 127 Å². The van der Waals surface area contributed by atoms with Gasteiger partial charge in [0.15, 0.2) is 0 Å². The first-order chi connectivity index (χ1) is 8.98. The lowest BCUT2D eigenvalue weighted by molar-refractivity contribution is 0.251. The van der Waals surface area contributed by atoms with Crippen molar-refractivity contribution in [2.75, 3.05) is 0 Å². The normalized spacial score (nSPS) is 31.6. The standard InChI is InChI=1S/C13H15BrClNO2S/c14-9-1-5-13(6-2-9)19(17,18)16-11-3-4-12(16)8-10(15)7-11/h1-2,5-6,10-12H,3-4,7-8H2. The van der Waals surface area contributed by atoms with Crippen LogP contribution in [0, 0.1) is 0 Å². The fraction of sp³-hybridized carbons (Fsp3) is 0.538. The minimum atomic E-state index is -3.38. The second-order valence-corrected chi connectivity index (χ2v) is 8.62. The molecule has 0 aromatic heterocycles. The van der Waals surface area contributed by atoms with Crippen molar-refractivity contribution < 1.29 is 8.42 Å². The monoisotopic (exact) mass is 363 g/mol. The molecular weight excluding hydrogens is 350 g/mol. The van der Waals surface area contributed by atoms with Crippen LogP contribution in [0.5, 0.6) is 0 Å². The molecule has 19 heavy (non-hydrogen) atoms. The van der Waals surface area contributed by atoms with E-state index in [0.29, 0.717) is 4.90 Å². The smallest absolute Gasteiger partial charge is 0.207 e. The van der Waals surface area contributed by atoms with Crippen molar-refractivity contribution in [3.63, 3.8) is 0 Å². The van der Waals surface area contributed by atoms with E-state index in [-0.39, 0.29) is 17.5 Å². The molecule has 2 fully saturated rings. The number of hydrogen-bond acceptors (Lipinski definition) is 2. The second kappa shape index (κ2) is 5.02. The Bertz CT molecular complexity index is 561. The Morgan fingerprint density at radius 1 is 1.11 bits per heavy atom. The van der Waals surface area contributed by atoms with Crippen LogP contribution in [0.4, 0.5) is 0 Å². The topological polar surface area (TPSA) is 37.4 Å². The van der Waals surface area contributed by atoms with Crippen LogP contribution >= 0.6 is 27.5 Å². The predicted octanol–water partition coefficient (Wildman–Crippen LogP) is 3.37. The summed E-state index contributed by atoms with van der Waals surface area (Å²) in [5.41, 5.74) is 0. The zero-order valence-corrected chi connectivity index (χ0v) is 13.5. The van der Waals surface area contributed by atoms with Gasteiger partial charge in [0.25, 0.3) is 0 Å². The van der Waals surface area contributed by atoms with Crippen molar-refractivity contribution in [2.24, 2.45) is 0 Å². The van der Waals surface area contributed by atoms with E-state index in [1.165, 1.54) is 0 Å². The minimum Gasteiger partial charge on any atom is -0.207 e. The largest absolute Gasteiger partial charge is 0.243 e. The quantitative estimate of drug-likeness (QED) is 0.755. The molecule has 2 heterocycles. The molecule has 1 aromatic rings. The van der Waals surface area contributed by atoms with E-state index in [2.05, 4.69) is 15.9 Å². The van der Waals surface area contributed by atoms with E-state index >= 15 is 0 Å². The lowest BCUT2D eigenvalue weighted by atomic mass is 10.1. The summed E-state index contributed by atoms with van der Waals surface area (Å²) >= 11 is 9.53. The van der Waals surface area contributed by atoms with E-state index in [0.717, 1.165) is 30.2 Å². The van der Waals surface area contributed by atoms with E-state index in [1.54, 1.807) is 28.6 Å². The molecule has 104 valence electrons. The van der Waals surface area contributed by atoms with Crippen molar-refractivity contribution >= 4 is 37.6 Å². The van der Waals surface area contributed by atoms with E-state index in [1.807, 2.05) is 0 Å². The molecule has 6 heteroatoms. The molecule has 0 amide bonds. The second-order valence-electron chi connectivity index (χ2n) is 5.24. The van der Waals surface area contributed by atoms with Gasteiger partial charge in [0.05, 0.1) is 4.90 Å². The zero-order valence-electron chi connectivity index (χ0n) is 10.3. The summed E-state index contributed by atoms with van der Waals surface area (Å²) in [6.45, 7) is 0.